The van der Waals surface area contributed by atoms with E-state index in [0.717, 1.165) is 0 Å². The first-order valence-electron chi connectivity index (χ1n) is 3.97. The SMILES string of the molecule is Nc1cnc2c([N+](=O)[O-])cccc2c1. The van der Waals surface area contributed by atoms with Crippen molar-refractivity contribution in [2.45, 2.75) is 0 Å². The summed E-state index contributed by atoms with van der Waals surface area (Å²) in [4.78, 5) is 14.1. The Morgan fingerprint density at radius 3 is 2.93 bits per heavy atom. The zero-order valence-corrected chi connectivity index (χ0v) is 7.18. The molecule has 0 spiro atoms. The maximum Gasteiger partial charge on any atom is 0.295 e. The molecule has 0 bridgehead atoms. The summed E-state index contributed by atoms with van der Waals surface area (Å²) in [6, 6.07) is 6.44. The number of nitrogen functional groups attached to an aromatic ring is 1. The van der Waals surface area contributed by atoms with Gasteiger partial charge in [0, 0.05) is 11.5 Å². The fourth-order valence-electron chi connectivity index (χ4n) is 1.31. The predicted molar refractivity (Wildman–Crippen MR) is 52.8 cm³/mol. The minimum atomic E-state index is -0.453. The summed E-state index contributed by atoms with van der Waals surface area (Å²) in [5, 5.41) is 11.3. The van der Waals surface area contributed by atoms with Crippen molar-refractivity contribution in [2.75, 3.05) is 5.73 Å². The monoisotopic (exact) mass is 189 g/mol. The summed E-state index contributed by atoms with van der Waals surface area (Å²) in [6.07, 6.45) is 1.41. The van der Waals surface area contributed by atoms with Crippen LogP contribution in [0.5, 0.6) is 0 Å². The number of fused-ring (bicyclic) bond motifs is 1. The van der Waals surface area contributed by atoms with Gasteiger partial charge in [-0.25, -0.2) is 4.98 Å². The topological polar surface area (TPSA) is 82.0 Å². The van der Waals surface area contributed by atoms with Gasteiger partial charge in [0.25, 0.3) is 5.69 Å². The molecule has 0 fully saturated rings. The molecule has 0 aliphatic rings. The van der Waals surface area contributed by atoms with E-state index in [4.69, 9.17) is 5.73 Å². The van der Waals surface area contributed by atoms with Gasteiger partial charge in [-0.15, -0.1) is 0 Å². The zero-order chi connectivity index (χ0) is 10.1. The molecule has 0 radical (unpaired) electrons. The highest BCUT2D eigenvalue weighted by Crippen LogP contribution is 2.23. The summed E-state index contributed by atoms with van der Waals surface area (Å²) in [6.45, 7) is 0. The Labute approximate surface area is 79.3 Å². The van der Waals surface area contributed by atoms with Crippen molar-refractivity contribution in [3.8, 4) is 0 Å². The number of non-ortho nitro benzene ring substituents is 1. The first kappa shape index (κ1) is 8.43. The minimum absolute atomic E-state index is 0.00231. The number of aromatic nitrogens is 1. The van der Waals surface area contributed by atoms with Crippen LogP contribution in [0.15, 0.2) is 30.5 Å². The molecule has 2 rings (SSSR count). The van der Waals surface area contributed by atoms with E-state index < -0.39 is 4.92 Å². The lowest BCUT2D eigenvalue weighted by atomic mass is 10.2. The van der Waals surface area contributed by atoms with Crippen molar-refractivity contribution in [1.82, 2.24) is 4.98 Å². The predicted octanol–water partition coefficient (Wildman–Crippen LogP) is 1.73. The highest BCUT2D eigenvalue weighted by Gasteiger charge is 2.11. The van der Waals surface area contributed by atoms with E-state index in [0.29, 0.717) is 16.6 Å². The van der Waals surface area contributed by atoms with Gasteiger partial charge in [0.2, 0.25) is 0 Å². The third-order valence-electron chi connectivity index (χ3n) is 1.91. The Morgan fingerprint density at radius 1 is 1.43 bits per heavy atom. The van der Waals surface area contributed by atoms with Crippen LogP contribution in [0.25, 0.3) is 10.9 Å². The van der Waals surface area contributed by atoms with Crippen molar-refractivity contribution in [3.63, 3.8) is 0 Å². The molecule has 70 valence electrons. The van der Waals surface area contributed by atoms with Crippen LogP contribution in [-0.4, -0.2) is 9.91 Å². The molecule has 5 heteroatoms. The Morgan fingerprint density at radius 2 is 2.21 bits per heavy atom. The summed E-state index contributed by atoms with van der Waals surface area (Å²) in [5.74, 6) is 0. The lowest BCUT2D eigenvalue weighted by Crippen LogP contribution is -1.92. The highest BCUT2D eigenvalue weighted by molar-refractivity contribution is 5.88. The second kappa shape index (κ2) is 2.95. The summed E-state index contributed by atoms with van der Waals surface area (Å²) >= 11 is 0. The van der Waals surface area contributed by atoms with Crippen molar-refractivity contribution >= 4 is 22.3 Å². The van der Waals surface area contributed by atoms with Crippen LogP contribution < -0.4 is 5.73 Å². The largest absolute Gasteiger partial charge is 0.397 e. The Kier molecular flexibility index (Phi) is 1.78. The fourth-order valence-corrected chi connectivity index (χ4v) is 1.31. The normalized spacial score (nSPS) is 10.3. The van der Waals surface area contributed by atoms with Gasteiger partial charge >= 0.3 is 0 Å². The Balaban J connectivity index is 2.81. The second-order valence-electron chi connectivity index (χ2n) is 2.87. The van der Waals surface area contributed by atoms with Crippen molar-refractivity contribution in [3.05, 3.63) is 40.6 Å². The Hall–Kier alpha value is -2.17. The van der Waals surface area contributed by atoms with E-state index >= 15 is 0 Å². The van der Waals surface area contributed by atoms with E-state index in [1.54, 1.807) is 18.2 Å². The van der Waals surface area contributed by atoms with Crippen LogP contribution in [0, 0.1) is 10.1 Å². The molecule has 5 nitrogen and oxygen atoms in total. The van der Waals surface area contributed by atoms with E-state index in [9.17, 15) is 10.1 Å². The number of hydrogen-bond acceptors (Lipinski definition) is 4. The summed E-state index contributed by atoms with van der Waals surface area (Å²) < 4.78 is 0. The first-order valence-corrected chi connectivity index (χ1v) is 3.97. The molecule has 0 aliphatic heterocycles. The standard InChI is InChI=1S/C9H7N3O2/c10-7-4-6-2-1-3-8(12(13)14)9(6)11-5-7/h1-5H,10H2. The first-order chi connectivity index (χ1) is 6.68. The minimum Gasteiger partial charge on any atom is -0.397 e. The number of pyridine rings is 1. The number of hydrogen-bond donors (Lipinski definition) is 1. The van der Waals surface area contributed by atoms with Gasteiger partial charge in [-0.05, 0) is 6.07 Å². The number of para-hydroxylation sites is 1. The molecule has 14 heavy (non-hydrogen) atoms. The molecule has 0 saturated heterocycles. The molecule has 2 N–H and O–H groups in total. The summed E-state index contributed by atoms with van der Waals surface area (Å²) in [7, 11) is 0. The van der Waals surface area contributed by atoms with Crippen LogP contribution in [0.1, 0.15) is 0 Å². The van der Waals surface area contributed by atoms with Gasteiger partial charge in [-0.1, -0.05) is 12.1 Å². The lowest BCUT2D eigenvalue weighted by molar-refractivity contribution is -0.383. The number of nitrogens with zero attached hydrogens (tertiary/aromatic N) is 2. The van der Waals surface area contributed by atoms with Crippen LogP contribution in [0.2, 0.25) is 0 Å². The molecular formula is C9H7N3O2. The fraction of sp³-hybridized carbons (Fsp3) is 0. The zero-order valence-electron chi connectivity index (χ0n) is 7.18. The molecule has 1 heterocycles. The van der Waals surface area contributed by atoms with Crippen molar-refractivity contribution in [1.29, 1.82) is 0 Å². The molecule has 0 aliphatic carbocycles. The van der Waals surface area contributed by atoms with Crippen molar-refractivity contribution in [2.24, 2.45) is 0 Å². The van der Waals surface area contributed by atoms with Gasteiger partial charge in [0.05, 0.1) is 16.8 Å². The smallest absolute Gasteiger partial charge is 0.295 e. The van der Waals surface area contributed by atoms with Crippen LogP contribution >= 0.6 is 0 Å². The molecule has 0 unspecified atom stereocenters. The number of nitro benzene ring substituents is 1. The quantitative estimate of drug-likeness (QED) is 0.547. The maximum absolute atomic E-state index is 10.6. The number of nitro groups is 1. The number of anilines is 1. The average molecular weight is 189 g/mol. The number of benzene rings is 1. The van der Waals surface area contributed by atoms with E-state index in [2.05, 4.69) is 4.98 Å². The number of nitrogens with two attached hydrogens (primary N) is 1. The average Bonchev–Trinajstić information content (AvgIpc) is 2.16. The second-order valence-corrected chi connectivity index (χ2v) is 2.87. The van der Waals surface area contributed by atoms with Crippen LogP contribution in [0.4, 0.5) is 11.4 Å². The number of rotatable bonds is 1. The van der Waals surface area contributed by atoms with Crippen LogP contribution in [-0.2, 0) is 0 Å². The lowest BCUT2D eigenvalue weighted by Gasteiger charge is -1.98. The van der Waals surface area contributed by atoms with Gasteiger partial charge in [-0.2, -0.15) is 0 Å². The third kappa shape index (κ3) is 1.24. The van der Waals surface area contributed by atoms with E-state index in [-0.39, 0.29) is 5.69 Å². The Bertz CT molecular complexity index is 510. The molecule has 0 atom stereocenters. The van der Waals surface area contributed by atoms with Crippen LogP contribution in [0.3, 0.4) is 0 Å². The highest BCUT2D eigenvalue weighted by atomic mass is 16.6. The maximum atomic E-state index is 10.6. The van der Waals surface area contributed by atoms with Gasteiger partial charge in [-0.3, -0.25) is 10.1 Å². The van der Waals surface area contributed by atoms with Gasteiger partial charge in [0.1, 0.15) is 5.52 Å². The molecule has 0 saturated carbocycles. The van der Waals surface area contributed by atoms with E-state index in [1.807, 2.05) is 0 Å². The van der Waals surface area contributed by atoms with Gasteiger partial charge in [0.15, 0.2) is 0 Å². The molecule has 1 aromatic heterocycles. The van der Waals surface area contributed by atoms with E-state index in [1.165, 1.54) is 12.3 Å². The molecule has 0 amide bonds. The molecule has 1 aromatic carbocycles. The third-order valence-corrected chi connectivity index (χ3v) is 1.91. The molecule has 2 aromatic rings. The summed E-state index contributed by atoms with van der Waals surface area (Å²) in [5.41, 5.74) is 6.39. The molecular weight excluding hydrogens is 182 g/mol. The van der Waals surface area contributed by atoms with Gasteiger partial charge < -0.3 is 5.73 Å². The van der Waals surface area contributed by atoms with Crippen molar-refractivity contribution < 1.29 is 4.92 Å².